The van der Waals surface area contributed by atoms with Gasteiger partial charge in [-0.15, -0.1) is 0 Å². The van der Waals surface area contributed by atoms with Gasteiger partial charge in [-0.05, 0) is 40.5 Å². The summed E-state index contributed by atoms with van der Waals surface area (Å²) in [5.41, 5.74) is 7.82. The summed E-state index contributed by atoms with van der Waals surface area (Å²) in [6.45, 7) is 5.53. The van der Waals surface area contributed by atoms with E-state index in [0.29, 0.717) is 41.2 Å². The van der Waals surface area contributed by atoms with Gasteiger partial charge in [0.05, 0.1) is 30.5 Å². The molecule has 1 unspecified atom stereocenters. The van der Waals surface area contributed by atoms with Crippen molar-refractivity contribution < 1.29 is 27.4 Å². The molecule has 0 spiro atoms. The Morgan fingerprint density at radius 2 is 1.86 bits per heavy atom. The number of carbonyl (C=O) groups is 1. The highest BCUT2D eigenvalue weighted by molar-refractivity contribution is 5.94. The number of amides is 1. The zero-order chi connectivity index (χ0) is 26.1. The minimum atomic E-state index is -4.44. The summed E-state index contributed by atoms with van der Waals surface area (Å²) in [5, 5.41) is 2.82. The van der Waals surface area contributed by atoms with Crippen molar-refractivity contribution in [3.05, 3.63) is 83.2 Å². The number of hydrogen-bond acceptors (Lipinski definition) is 5. The van der Waals surface area contributed by atoms with Gasteiger partial charge >= 0.3 is 6.18 Å². The standard InChI is InChI=1S/C25H24F3N3O3.C2H6.CH4/c26-25(27,28)20-6-5-18(11-29)23(10-20)17-3-1-16(2-4-17)12-31-24(32)19-9-22(14-30-13-19)34-21-7-8-33-15-21;1-2;/h1-6,9-10,13-14,21H,7-8,11-12,15,29H2,(H,31,32);1-2H3;1H4. The Morgan fingerprint density at radius 3 is 2.49 bits per heavy atom. The summed E-state index contributed by atoms with van der Waals surface area (Å²) >= 11 is 0. The molecule has 3 N–H and O–H groups in total. The summed E-state index contributed by atoms with van der Waals surface area (Å²) in [4.78, 5) is 16.6. The van der Waals surface area contributed by atoms with E-state index in [1.165, 1.54) is 12.3 Å². The fourth-order valence-electron chi connectivity index (χ4n) is 3.69. The van der Waals surface area contributed by atoms with Gasteiger partial charge in [-0.1, -0.05) is 51.6 Å². The third kappa shape index (κ3) is 8.03. The van der Waals surface area contributed by atoms with Crippen LogP contribution in [0.3, 0.4) is 0 Å². The molecular weight excluding hydrogens is 483 g/mol. The van der Waals surface area contributed by atoms with E-state index >= 15 is 0 Å². The number of alkyl halides is 3. The van der Waals surface area contributed by atoms with Crippen LogP contribution in [0.1, 0.15) is 54.7 Å². The van der Waals surface area contributed by atoms with E-state index in [1.807, 2.05) is 13.8 Å². The number of nitrogens with one attached hydrogen (secondary N) is 1. The van der Waals surface area contributed by atoms with E-state index < -0.39 is 11.7 Å². The predicted molar refractivity (Wildman–Crippen MR) is 138 cm³/mol. The molecule has 1 saturated heterocycles. The normalized spacial score (nSPS) is 14.7. The molecule has 0 radical (unpaired) electrons. The third-order valence-corrected chi connectivity index (χ3v) is 5.54. The predicted octanol–water partition coefficient (Wildman–Crippen LogP) is 5.99. The number of aromatic nitrogens is 1. The molecule has 1 fully saturated rings. The van der Waals surface area contributed by atoms with E-state index in [0.717, 1.165) is 24.1 Å². The van der Waals surface area contributed by atoms with Crippen LogP contribution in [0.15, 0.2) is 60.9 Å². The first-order valence-electron chi connectivity index (χ1n) is 11.8. The van der Waals surface area contributed by atoms with Crippen LogP contribution in [0.2, 0.25) is 0 Å². The van der Waals surface area contributed by atoms with Crippen LogP contribution >= 0.6 is 0 Å². The van der Waals surface area contributed by atoms with E-state index in [9.17, 15) is 18.0 Å². The topological polar surface area (TPSA) is 86.5 Å². The number of carbonyl (C=O) groups excluding carboxylic acids is 1. The maximum absolute atomic E-state index is 13.1. The van der Waals surface area contributed by atoms with Crippen molar-refractivity contribution in [3.63, 3.8) is 0 Å². The fourth-order valence-corrected chi connectivity index (χ4v) is 3.69. The summed E-state index contributed by atoms with van der Waals surface area (Å²) in [6, 6.07) is 12.1. The van der Waals surface area contributed by atoms with Crippen molar-refractivity contribution in [2.24, 2.45) is 5.73 Å². The van der Waals surface area contributed by atoms with Crippen molar-refractivity contribution in [2.75, 3.05) is 13.2 Å². The Hall–Kier alpha value is -3.43. The van der Waals surface area contributed by atoms with Crippen molar-refractivity contribution in [1.82, 2.24) is 10.3 Å². The maximum atomic E-state index is 13.1. The van der Waals surface area contributed by atoms with Gasteiger partial charge in [0.2, 0.25) is 0 Å². The van der Waals surface area contributed by atoms with Crippen LogP contribution in [-0.4, -0.2) is 30.2 Å². The van der Waals surface area contributed by atoms with Gasteiger partial charge in [-0.3, -0.25) is 9.78 Å². The molecule has 37 heavy (non-hydrogen) atoms. The Morgan fingerprint density at radius 1 is 1.14 bits per heavy atom. The van der Waals surface area contributed by atoms with Crippen molar-refractivity contribution in [2.45, 2.75) is 53.1 Å². The molecule has 0 aliphatic carbocycles. The number of pyridine rings is 1. The second-order valence-electron chi connectivity index (χ2n) is 7.97. The summed E-state index contributed by atoms with van der Waals surface area (Å²) in [7, 11) is 0. The van der Waals surface area contributed by atoms with Gasteiger partial charge in [0, 0.05) is 25.7 Å². The minimum Gasteiger partial charge on any atom is -0.486 e. The Labute approximate surface area is 216 Å². The highest BCUT2D eigenvalue weighted by Gasteiger charge is 2.31. The summed E-state index contributed by atoms with van der Waals surface area (Å²) in [6.07, 6.45) is -0.681. The van der Waals surface area contributed by atoms with Crippen LogP contribution in [0.25, 0.3) is 11.1 Å². The molecule has 1 aromatic heterocycles. The van der Waals surface area contributed by atoms with Crippen LogP contribution < -0.4 is 15.8 Å². The van der Waals surface area contributed by atoms with Crippen LogP contribution in [0, 0.1) is 0 Å². The third-order valence-electron chi connectivity index (χ3n) is 5.54. The Bertz CT molecular complexity index is 1150. The molecule has 1 atom stereocenters. The zero-order valence-corrected chi connectivity index (χ0v) is 20.3. The van der Waals surface area contributed by atoms with Crippen LogP contribution in [0.5, 0.6) is 5.75 Å². The number of rotatable bonds is 7. The van der Waals surface area contributed by atoms with E-state index in [4.69, 9.17) is 15.2 Å². The van der Waals surface area contributed by atoms with E-state index in [1.54, 1.807) is 36.5 Å². The lowest BCUT2D eigenvalue weighted by Crippen LogP contribution is -2.23. The largest absolute Gasteiger partial charge is 0.486 e. The van der Waals surface area contributed by atoms with Crippen LogP contribution in [0.4, 0.5) is 13.2 Å². The second-order valence-corrected chi connectivity index (χ2v) is 7.97. The minimum absolute atomic E-state index is 0. The molecule has 0 saturated carbocycles. The molecular formula is C28H34F3N3O3. The quantitative estimate of drug-likeness (QED) is 0.402. The van der Waals surface area contributed by atoms with Crippen molar-refractivity contribution in [1.29, 1.82) is 0 Å². The number of ether oxygens (including phenoxy) is 2. The Balaban J connectivity index is 0.00000157. The molecule has 6 nitrogen and oxygen atoms in total. The molecule has 1 aliphatic rings. The van der Waals surface area contributed by atoms with Gasteiger partial charge in [-0.2, -0.15) is 13.2 Å². The highest BCUT2D eigenvalue weighted by atomic mass is 19.4. The molecule has 3 aromatic rings. The average molecular weight is 518 g/mol. The number of nitrogens with two attached hydrogens (primary N) is 1. The van der Waals surface area contributed by atoms with Gasteiger partial charge < -0.3 is 20.5 Å². The van der Waals surface area contributed by atoms with Gasteiger partial charge in [0.25, 0.3) is 5.91 Å². The molecule has 9 heteroatoms. The first-order chi connectivity index (χ1) is 17.3. The van der Waals surface area contributed by atoms with E-state index in [-0.39, 0.29) is 32.5 Å². The monoisotopic (exact) mass is 517 g/mol. The molecule has 2 aromatic carbocycles. The highest BCUT2D eigenvalue weighted by Crippen LogP contribution is 2.34. The molecule has 4 rings (SSSR count). The van der Waals surface area contributed by atoms with Crippen molar-refractivity contribution in [3.8, 4) is 16.9 Å². The second kappa shape index (κ2) is 13.8. The maximum Gasteiger partial charge on any atom is 0.416 e. The smallest absolute Gasteiger partial charge is 0.416 e. The van der Waals surface area contributed by atoms with Crippen molar-refractivity contribution >= 4 is 5.91 Å². The first kappa shape index (κ1) is 29.8. The summed E-state index contributed by atoms with van der Waals surface area (Å²) in [5.74, 6) is 0.192. The lowest BCUT2D eigenvalue weighted by atomic mass is 9.96. The zero-order valence-electron chi connectivity index (χ0n) is 20.3. The van der Waals surface area contributed by atoms with Gasteiger partial charge in [0.15, 0.2) is 0 Å². The number of hydrogen-bond donors (Lipinski definition) is 2. The van der Waals surface area contributed by atoms with Gasteiger partial charge in [0.1, 0.15) is 11.9 Å². The average Bonchev–Trinajstić information content (AvgIpc) is 3.41. The molecule has 0 bridgehead atoms. The molecule has 200 valence electrons. The SMILES string of the molecule is C.CC.NCc1ccc(C(F)(F)F)cc1-c1ccc(CNC(=O)c2cncc(OC3CCOC3)c2)cc1. The number of nitrogens with zero attached hydrogens (tertiary/aromatic N) is 1. The Kier molecular flexibility index (Phi) is 11.1. The molecule has 1 aliphatic heterocycles. The van der Waals surface area contributed by atoms with E-state index in [2.05, 4.69) is 10.3 Å². The number of halogens is 3. The molecule has 1 amide bonds. The fraction of sp³-hybridized carbons (Fsp3) is 0.357. The first-order valence-corrected chi connectivity index (χ1v) is 11.8. The lowest BCUT2D eigenvalue weighted by molar-refractivity contribution is -0.137. The molecule has 2 heterocycles. The van der Waals surface area contributed by atoms with Gasteiger partial charge in [-0.25, -0.2) is 0 Å². The number of benzene rings is 2. The lowest BCUT2D eigenvalue weighted by Gasteiger charge is -2.14. The van der Waals surface area contributed by atoms with Crippen LogP contribution in [-0.2, 0) is 24.0 Å². The summed E-state index contributed by atoms with van der Waals surface area (Å²) < 4.78 is 50.5.